The number of aliphatic hydroxyl groups excluding tert-OH is 1. The van der Waals surface area contributed by atoms with E-state index in [1.165, 1.54) is 4.31 Å². The number of sulfonamides is 1. The molecule has 0 bridgehead atoms. The predicted octanol–water partition coefficient (Wildman–Crippen LogP) is 1.57. The van der Waals surface area contributed by atoms with Crippen molar-refractivity contribution in [1.29, 1.82) is 0 Å². The summed E-state index contributed by atoms with van der Waals surface area (Å²) >= 11 is 5.67. The standard InChI is InChI=1S/C12H16ClNO3S/c13-8-10-3-5-12(6-4-10)18(16,17)14-7-1-2-11(14)9-15/h3-6,11,15H,1-2,7-9H2/t11-/m1/s1. The topological polar surface area (TPSA) is 57.6 Å². The van der Waals surface area contributed by atoms with Gasteiger partial charge in [0.15, 0.2) is 0 Å². The van der Waals surface area contributed by atoms with E-state index >= 15 is 0 Å². The Bertz CT molecular complexity index is 501. The van der Waals surface area contributed by atoms with Gasteiger partial charge in [0.25, 0.3) is 0 Å². The van der Waals surface area contributed by atoms with Crippen LogP contribution in [0.4, 0.5) is 0 Å². The molecule has 1 aliphatic rings. The molecule has 2 rings (SSSR count). The Morgan fingerprint density at radius 2 is 2.00 bits per heavy atom. The minimum atomic E-state index is -3.49. The van der Waals surface area contributed by atoms with Crippen molar-refractivity contribution in [2.24, 2.45) is 0 Å². The zero-order chi connectivity index (χ0) is 13.2. The van der Waals surface area contributed by atoms with Crippen molar-refractivity contribution in [3.05, 3.63) is 29.8 Å². The number of hydrogen-bond acceptors (Lipinski definition) is 3. The monoisotopic (exact) mass is 289 g/mol. The molecule has 1 fully saturated rings. The fraction of sp³-hybridized carbons (Fsp3) is 0.500. The van der Waals surface area contributed by atoms with E-state index in [9.17, 15) is 13.5 Å². The van der Waals surface area contributed by atoms with Gasteiger partial charge in [-0.25, -0.2) is 8.42 Å². The quantitative estimate of drug-likeness (QED) is 0.856. The molecule has 1 aliphatic heterocycles. The molecule has 0 spiro atoms. The van der Waals surface area contributed by atoms with Crippen LogP contribution in [-0.4, -0.2) is 37.0 Å². The largest absolute Gasteiger partial charge is 0.395 e. The average Bonchev–Trinajstić information content (AvgIpc) is 2.88. The number of halogens is 1. The molecule has 4 nitrogen and oxygen atoms in total. The van der Waals surface area contributed by atoms with Gasteiger partial charge in [0, 0.05) is 18.5 Å². The highest BCUT2D eigenvalue weighted by Crippen LogP contribution is 2.26. The van der Waals surface area contributed by atoms with Crippen LogP contribution in [0.5, 0.6) is 0 Å². The highest BCUT2D eigenvalue weighted by molar-refractivity contribution is 7.89. The Kier molecular flexibility index (Phi) is 4.27. The van der Waals surface area contributed by atoms with Crippen LogP contribution in [0.3, 0.4) is 0 Å². The third-order valence-corrected chi connectivity index (χ3v) is 5.49. The molecule has 0 saturated carbocycles. The van der Waals surface area contributed by atoms with Crippen molar-refractivity contribution < 1.29 is 13.5 Å². The Labute approximate surface area is 112 Å². The molecule has 0 amide bonds. The van der Waals surface area contributed by atoms with Crippen molar-refractivity contribution in [2.75, 3.05) is 13.2 Å². The lowest BCUT2D eigenvalue weighted by Gasteiger charge is -2.22. The summed E-state index contributed by atoms with van der Waals surface area (Å²) in [6.45, 7) is 0.351. The maximum Gasteiger partial charge on any atom is 0.243 e. The van der Waals surface area contributed by atoms with Crippen LogP contribution >= 0.6 is 11.6 Å². The molecule has 1 atom stereocenters. The summed E-state index contributed by atoms with van der Waals surface area (Å²) in [6.07, 6.45) is 1.51. The fourth-order valence-electron chi connectivity index (χ4n) is 2.19. The molecule has 0 aliphatic carbocycles. The van der Waals surface area contributed by atoms with E-state index in [-0.39, 0.29) is 17.5 Å². The molecule has 0 radical (unpaired) electrons. The SMILES string of the molecule is O=S(=O)(c1ccc(CCl)cc1)N1CCC[C@@H]1CO. The van der Waals surface area contributed by atoms with E-state index in [1.807, 2.05) is 0 Å². The molecule has 18 heavy (non-hydrogen) atoms. The van der Waals surface area contributed by atoms with Crippen LogP contribution < -0.4 is 0 Å². The van der Waals surface area contributed by atoms with Crippen molar-refractivity contribution >= 4 is 21.6 Å². The summed E-state index contributed by atoms with van der Waals surface area (Å²) in [5.41, 5.74) is 0.885. The lowest BCUT2D eigenvalue weighted by molar-refractivity contribution is 0.213. The number of benzene rings is 1. The Hall–Kier alpha value is -0.620. The Balaban J connectivity index is 2.29. The van der Waals surface area contributed by atoms with Crippen molar-refractivity contribution in [3.63, 3.8) is 0 Å². The highest BCUT2D eigenvalue weighted by atomic mass is 35.5. The first-order valence-corrected chi connectivity index (χ1v) is 7.84. The number of alkyl halides is 1. The van der Waals surface area contributed by atoms with E-state index in [1.54, 1.807) is 24.3 Å². The molecule has 1 aromatic rings. The van der Waals surface area contributed by atoms with Gasteiger partial charge in [-0.15, -0.1) is 11.6 Å². The number of rotatable bonds is 4. The van der Waals surface area contributed by atoms with Gasteiger partial charge < -0.3 is 5.11 Å². The minimum absolute atomic E-state index is 0.126. The van der Waals surface area contributed by atoms with Crippen molar-refractivity contribution in [2.45, 2.75) is 29.7 Å². The molecular formula is C12H16ClNO3S. The van der Waals surface area contributed by atoms with Crippen LogP contribution in [0.25, 0.3) is 0 Å². The van der Waals surface area contributed by atoms with E-state index in [0.29, 0.717) is 12.4 Å². The summed E-state index contributed by atoms with van der Waals surface area (Å²) in [5, 5.41) is 9.21. The molecule has 100 valence electrons. The molecule has 1 heterocycles. The van der Waals surface area contributed by atoms with Crippen LogP contribution in [0, 0.1) is 0 Å². The summed E-state index contributed by atoms with van der Waals surface area (Å²) in [4.78, 5) is 0.261. The first kappa shape index (κ1) is 13.8. The van der Waals surface area contributed by atoms with Gasteiger partial charge >= 0.3 is 0 Å². The van der Waals surface area contributed by atoms with E-state index < -0.39 is 10.0 Å². The maximum absolute atomic E-state index is 12.4. The van der Waals surface area contributed by atoms with E-state index in [2.05, 4.69) is 0 Å². The predicted molar refractivity (Wildman–Crippen MR) is 70.0 cm³/mol. The Morgan fingerprint density at radius 1 is 1.33 bits per heavy atom. The van der Waals surface area contributed by atoms with Gasteiger partial charge in [-0.1, -0.05) is 12.1 Å². The minimum Gasteiger partial charge on any atom is -0.395 e. The number of aliphatic hydroxyl groups is 1. The first-order valence-electron chi connectivity index (χ1n) is 5.87. The molecule has 0 aromatic heterocycles. The highest BCUT2D eigenvalue weighted by Gasteiger charge is 2.34. The van der Waals surface area contributed by atoms with Crippen LogP contribution in [0.2, 0.25) is 0 Å². The van der Waals surface area contributed by atoms with Crippen LogP contribution in [0.15, 0.2) is 29.2 Å². The molecule has 1 N–H and O–H groups in total. The van der Waals surface area contributed by atoms with Crippen LogP contribution in [0.1, 0.15) is 18.4 Å². The van der Waals surface area contributed by atoms with Gasteiger partial charge in [-0.05, 0) is 30.5 Å². The van der Waals surface area contributed by atoms with Crippen molar-refractivity contribution in [1.82, 2.24) is 4.31 Å². The van der Waals surface area contributed by atoms with Crippen molar-refractivity contribution in [3.8, 4) is 0 Å². The van der Waals surface area contributed by atoms with Gasteiger partial charge in [0.05, 0.1) is 11.5 Å². The number of nitrogens with zero attached hydrogens (tertiary/aromatic N) is 1. The summed E-state index contributed by atoms with van der Waals surface area (Å²) in [5.74, 6) is 0.364. The van der Waals surface area contributed by atoms with Gasteiger partial charge in [-0.2, -0.15) is 4.31 Å². The summed E-state index contributed by atoms with van der Waals surface area (Å²) in [6, 6.07) is 6.27. The second kappa shape index (κ2) is 5.57. The lowest BCUT2D eigenvalue weighted by atomic mass is 10.2. The second-order valence-corrected chi connectivity index (χ2v) is 6.53. The zero-order valence-electron chi connectivity index (χ0n) is 9.92. The Morgan fingerprint density at radius 3 is 2.56 bits per heavy atom. The fourth-order valence-corrected chi connectivity index (χ4v) is 4.06. The lowest BCUT2D eigenvalue weighted by Crippen LogP contribution is -2.37. The molecule has 1 aromatic carbocycles. The summed E-state index contributed by atoms with van der Waals surface area (Å²) in [7, 11) is -3.49. The van der Waals surface area contributed by atoms with Crippen LogP contribution in [-0.2, 0) is 15.9 Å². The van der Waals surface area contributed by atoms with Gasteiger partial charge in [0.1, 0.15) is 0 Å². The van der Waals surface area contributed by atoms with E-state index in [0.717, 1.165) is 18.4 Å². The zero-order valence-corrected chi connectivity index (χ0v) is 11.5. The van der Waals surface area contributed by atoms with Gasteiger partial charge in [0.2, 0.25) is 10.0 Å². The third kappa shape index (κ3) is 2.54. The first-order chi connectivity index (χ1) is 8.59. The normalized spacial score (nSPS) is 21.3. The number of hydrogen-bond donors (Lipinski definition) is 1. The average molecular weight is 290 g/mol. The third-order valence-electron chi connectivity index (χ3n) is 3.22. The smallest absolute Gasteiger partial charge is 0.243 e. The second-order valence-electron chi connectivity index (χ2n) is 4.37. The van der Waals surface area contributed by atoms with Gasteiger partial charge in [-0.3, -0.25) is 0 Å². The molecular weight excluding hydrogens is 274 g/mol. The molecule has 1 saturated heterocycles. The molecule has 6 heteroatoms. The van der Waals surface area contributed by atoms with E-state index in [4.69, 9.17) is 11.6 Å². The molecule has 0 unspecified atom stereocenters. The maximum atomic E-state index is 12.4. The summed E-state index contributed by atoms with van der Waals surface area (Å²) < 4.78 is 26.2.